The molecule has 2 aliphatic carbocycles. The molecule has 1 unspecified atom stereocenters. The van der Waals surface area contributed by atoms with Gasteiger partial charge in [0.1, 0.15) is 6.10 Å². The Kier molecular flexibility index (Phi) is 6.70. The number of phenols is 1. The van der Waals surface area contributed by atoms with Crippen molar-refractivity contribution in [1.29, 1.82) is 0 Å². The van der Waals surface area contributed by atoms with Gasteiger partial charge < -0.3 is 29.9 Å². The number of hydrogen-bond acceptors (Lipinski definition) is 6. The van der Waals surface area contributed by atoms with Crippen molar-refractivity contribution in [3.8, 4) is 11.5 Å². The number of hydrogen-bond donors (Lipinski definition) is 3. The third-order valence-electron chi connectivity index (χ3n) is 9.02. The van der Waals surface area contributed by atoms with Crippen molar-refractivity contribution in [2.24, 2.45) is 0 Å². The SMILES string of the molecule is CN1CC[C@]23c4c5ccc(O)c4O[C@H]2[C@H](NCC(=O)O)CC[C@@]3(OCCCc2ccccc2)C1C5.Cl. The first kappa shape index (κ1) is 25.3. The Morgan fingerprint density at radius 3 is 2.81 bits per heavy atom. The third-order valence-corrected chi connectivity index (χ3v) is 9.02. The molecule has 1 saturated heterocycles. The molecule has 36 heavy (non-hydrogen) atoms. The number of benzene rings is 2. The standard InChI is InChI=1S/C28H34N2O5.ClH/c1-30-14-13-27-24-19-9-10-21(31)25(24)35-26(27)20(29-17-23(32)33)11-12-28(27,22(30)16-19)34-15-5-8-18-6-3-2-4-7-18;/h2-4,6-7,9-10,20,22,26,29,31H,5,8,11-17H2,1H3,(H,32,33);1H/t20-,22?,26+,27+,28-;/m1./s1. The number of piperidine rings is 1. The lowest BCUT2D eigenvalue weighted by atomic mass is 9.48. The lowest BCUT2D eigenvalue weighted by Crippen LogP contribution is -2.78. The number of likely N-dealkylation sites (N-methyl/N-ethyl adjacent to an activating group) is 1. The predicted molar refractivity (Wildman–Crippen MR) is 138 cm³/mol. The largest absolute Gasteiger partial charge is 0.504 e. The molecule has 2 fully saturated rings. The quantitative estimate of drug-likeness (QED) is 0.466. The summed E-state index contributed by atoms with van der Waals surface area (Å²) in [6, 6.07) is 14.4. The molecule has 1 spiro atoms. The average molecular weight is 515 g/mol. The number of halogens is 1. The van der Waals surface area contributed by atoms with Crippen molar-refractivity contribution < 1.29 is 24.5 Å². The van der Waals surface area contributed by atoms with Crippen molar-refractivity contribution in [1.82, 2.24) is 10.2 Å². The van der Waals surface area contributed by atoms with Crippen LogP contribution in [0.3, 0.4) is 0 Å². The van der Waals surface area contributed by atoms with E-state index in [9.17, 15) is 15.0 Å². The third kappa shape index (κ3) is 3.63. The first-order chi connectivity index (χ1) is 17.0. The van der Waals surface area contributed by atoms with E-state index < -0.39 is 17.0 Å². The van der Waals surface area contributed by atoms with Gasteiger partial charge in [0, 0.05) is 24.3 Å². The van der Waals surface area contributed by atoms with E-state index in [2.05, 4.69) is 41.5 Å². The summed E-state index contributed by atoms with van der Waals surface area (Å²) in [6.07, 6.45) is 4.95. The van der Waals surface area contributed by atoms with Crippen LogP contribution in [0.15, 0.2) is 42.5 Å². The number of aromatic hydroxyl groups is 1. The number of rotatable bonds is 8. The van der Waals surface area contributed by atoms with Crippen LogP contribution < -0.4 is 10.1 Å². The van der Waals surface area contributed by atoms with Gasteiger partial charge in [-0.3, -0.25) is 4.79 Å². The van der Waals surface area contributed by atoms with Crippen LogP contribution in [-0.2, 0) is 27.8 Å². The maximum absolute atomic E-state index is 11.4. The van der Waals surface area contributed by atoms with Gasteiger partial charge >= 0.3 is 5.97 Å². The number of ether oxygens (including phenoxy) is 2. The summed E-state index contributed by atoms with van der Waals surface area (Å²) in [5.41, 5.74) is 2.80. The number of aryl methyl sites for hydroxylation is 1. The van der Waals surface area contributed by atoms with Gasteiger partial charge in [-0.15, -0.1) is 12.4 Å². The van der Waals surface area contributed by atoms with Crippen LogP contribution in [0.4, 0.5) is 0 Å². The molecule has 2 aromatic carbocycles. The van der Waals surface area contributed by atoms with E-state index in [1.165, 1.54) is 11.1 Å². The van der Waals surface area contributed by atoms with Gasteiger partial charge in [0.25, 0.3) is 0 Å². The van der Waals surface area contributed by atoms with Gasteiger partial charge in [0.2, 0.25) is 0 Å². The molecule has 2 heterocycles. The van der Waals surface area contributed by atoms with Gasteiger partial charge in [-0.2, -0.15) is 0 Å². The van der Waals surface area contributed by atoms with Crippen molar-refractivity contribution >= 4 is 18.4 Å². The minimum atomic E-state index is -0.875. The summed E-state index contributed by atoms with van der Waals surface area (Å²) in [6.45, 7) is 1.47. The summed E-state index contributed by atoms with van der Waals surface area (Å²) in [4.78, 5) is 13.8. The van der Waals surface area contributed by atoms with Crippen molar-refractivity contribution in [3.63, 3.8) is 0 Å². The highest BCUT2D eigenvalue weighted by Gasteiger charge is 2.73. The van der Waals surface area contributed by atoms with E-state index in [0.29, 0.717) is 12.4 Å². The van der Waals surface area contributed by atoms with Crippen LogP contribution in [0, 0.1) is 0 Å². The summed E-state index contributed by atoms with van der Waals surface area (Å²) in [5.74, 6) is -0.128. The summed E-state index contributed by atoms with van der Waals surface area (Å²) in [7, 11) is 2.19. The van der Waals surface area contributed by atoms with E-state index in [1.54, 1.807) is 6.07 Å². The van der Waals surface area contributed by atoms with Gasteiger partial charge in [-0.25, -0.2) is 0 Å². The van der Waals surface area contributed by atoms with Crippen LogP contribution in [-0.4, -0.2) is 71.6 Å². The summed E-state index contributed by atoms with van der Waals surface area (Å²) in [5, 5.41) is 23.4. The molecule has 4 aliphatic rings. The Morgan fingerprint density at radius 2 is 2.03 bits per heavy atom. The van der Waals surface area contributed by atoms with Crippen LogP contribution in [0.5, 0.6) is 11.5 Å². The van der Waals surface area contributed by atoms with Gasteiger partial charge in [-0.05, 0) is 69.3 Å². The highest BCUT2D eigenvalue weighted by molar-refractivity contribution is 5.85. The zero-order chi connectivity index (χ0) is 24.2. The minimum Gasteiger partial charge on any atom is -0.504 e. The number of aliphatic carboxylic acids is 1. The molecule has 194 valence electrons. The van der Waals surface area contributed by atoms with Crippen LogP contribution in [0.2, 0.25) is 0 Å². The first-order valence-electron chi connectivity index (χ1n) is 12.8. The maximum atomic E-state index is 11.4. The second-order valence-corrected chi connectivity index (χ2v) is 10.7. The molecule has 2 aromatic rings. The zero-order valence-corrected chi connectivity index (χ0v) is 21.4. The number of nitrogens with one attached hydrogen (secondary N) is 1. The Labute approximate surface area is 218 Å². The molecular weight excluding hydrogens is 480 g/mol. The molecule has 0 amide bonds. The average Bonchev–Trinajstić information content (AvgIpc) is 3.21. The molecule has 0 radical (unpaired) electrons. The molecule has 7 nitrogen and oxygen atoms in total. The fourth-order valence-corrected chi connectivity index (χ4v) is 7.62. The lowest BCUT2D eigenvalue weighted by Gasteiger charge is -2.65. The van der Waals surface area contributed by atoms with Gasteiger partial charge in [-0.1, -0.05) is 36.4 Å². The zero-order valence-electron chi connectivity index (χ0n) is 20.6. The molecule has 0 aromatic heterocycles. The second-order valence-electron chi connectivity index (χ2n) is 10.7. The first-order valence-corrected chi connectivity index (χ1v) is 12.8. The fourth-order valence-electron chi connectivity index (χ4n) is 7.62. The molecular formula is C28H35ClN2O5. The molecule has 6 rings (SSSR count). The molecule has 1 saturated carbocycles. The van der Waals surface area contributed by atoms with E-state index in [-0.39, 0.29) is 42.9 Å². The Morgan fingerprint density at radius 1 is 1.22 bits per heavy atom. The molecule has 3 N–H and O–H groups in total. The predicted octanol–water partition coefficient (Wildman–Crippen LogP) is 3.30. The molecule has 8 heteroatoms. The lowest BCUT2D eigenvalue weighted by molar-refractivity contribution is -0.217. The molecule has 5 atom stereocenters. The van der Waals surface area contributed by atoms with E-state index in [1.807, 2.05) is 12.1 Å². The minimum absolute atomic E-state index is 0. The van der Waals surface area contributed by atoms with Crippen LogP contribution in [0.1, 0.15) is 42.4 Å². The maximum Gasteiger partial charge on any atom is 0.317 e. The molecule has 2 bridgehead atoms. The van der Waals surface area contributed by atoms with Gasteiger partial charge in [0.05, 0.1) is 17.6 Å². The Balaban J connectivity index is 0.00000267. The smallest absolute Gasteiger partial charge is 0.317 e. The van der Waals surface area contributed by atoms with Crippen LogP contribution in [0.25, 0.3) is 0 Å². The summed E-state index contributed by atoms with van der Waals surface area (Å²) >= 11 is 0. The Bertz CT molecular complexity index is 1130. The number of carboxylic acid groups (broad SMARTS) is 1. The van der Waals surface area contributed by atoms with Crippen LogP contribution >= 0.6 is 12.4 Å². The van der Waals surface area contributed by atoms with E-state index >= 15 is 0 Å². The number of likely N-dealkylation sites (tertiary alicyclic amines) is 1. The second kappa shape index (κ2) is 9.53. The Hall–Kier alpha value is -2.32. The van der Waals surface area contributed by atoms with Crippen molar-refractivity contribution in [2.75, 3.05) is 26.7 Å². The highest BCUT2D eigenvalue weighted by Crippen LogP contribution is 2.66. The van der Waals surface area contributed by atoms with Crippen molar-refractivity contribution in [2.45, 2.75) is 67.7 Å². The van der Waals surface area contributed by atoms with Crippen molar-refractivity contribution in [3.05, 3.63) is 59.2 Å². The van der Waals surface area contributed by atoms with E-state index in [0.717, 1.165) is 50.6 Å². The highest BCUT2D eigenvalue weighted by atomic mass is 35.5. The normalized spacial score (nSPS) is 31.8. The number of carbonyl (C=O) groups is 1. The fraction of sp³-hybridized carbons (Fsp3) is 0.536. The monoisotopic (exact) mass is 514 g/mol. The number of carboxylic acids is 1. The molecule has 2 aliphatic heterocycles. The van der Waals surface area contributed by atoms with E-state index in [4.69, 9.17) is 9.47 Å². The van der Waals surface area contributed by atoms with Gasteiger partial charge in [0.15, 0.2) is 11.5 Å². The number of phenolic OH excluding ortho intramolecular Hbond substituents is 1. The number of nitrogens with zero attached hydrogens (tertiary/aromatic N) is 1. The summed E-state index contributed by atoms with van der Waals surface area (Å²) < 4.78 is 13.6. The topological polar surface area (TPSA) is 91.3 Å².